The third-order valence-electron chi connectivity index (χ3n) is 3.44. The Labute approximate surface area is 114 Å². The average molecular weight is 264 g/mol. The molecule has 1 aromatic rings. The Balaban J connectivity index is 2.05. The van der Waals surface area contributed by atoms with Crippen LogP contribution in [0.3, 0.4) is 0 Å². The number of hydrogen-bond donors (Lipinski definition) is 1. The molecule has 1 N–H and O–H groups in total. The van der Waals surface area contributed by atoms with E-state index in [2.05, 4.69) is 29.0 Å². The molecule has 5 heteroatoms. The summed E-state index contributed by atoms with van der Waals surface area (Å²) in [6.07, 6.45) is 3.26. The molecular weight excluding hydrogens is 240 g/mol. The predicted octanol–water partition coefficient (Wildman–Crippen LogP) is 2.58. The molecule has 1 aliphatic rings. The van der Waals surface area contributed by atoms with Crippen LogP contribution in [-0.2, 0) is 0 Å². The standard InChI is InChI=1S/C14H24N4O/c1-9(2)7-8-18(11-5-6-11)14(19)13-15-12(10(3)4)16-17-13/h9-11H,5-8H2,1-4H3,(H,15,16,17). The fourth-order valence-electron chi connectivity index (χ4n) is 1.99. The number of hydrogen-bond acceptors (Lipinski definition) is 3. The molecule has 0 saturated heterocycles. The minimum Gasteiger partial charge on any atom is -0.333 e. The highest BCUT2D eigenvalue weighted by Gasteiger charge is 2.34. The van der Waals surface area contributed by atoms with Gasteiger partial charge in [0.05, 0.1) is 0 Å². The fraction of sp³-hybridized carbons (Fsp3) is 0.786. The van der Waals surface area contributed by atoms with Gasteiger partial charge in [-0.1, -0.05) is 27.7 Å². The number of H-pyrrole nitrogens is 1. The number of rotatable bonds is 6. The lowest BCUT2D eigenvalue weighted by atomic mass is 10.1. The van der Waals surface area contributed by atoms with E-state index in [1.807, 2.05) is 18.7 Å². The lowest BCUT2D eigenvalue weighted by Crippen LogP contribution is -2.35. The van der Waals surface area contributed by atoms with E-state index in [9.17, 15) is 4.79 Å². The smallest absolute Gasteiger partial charge is 0.293 e. The van der Waals surface area contributed by atoms with Gasteiger partial charge in [0.25, 0.3) is 5.91 Å². The Morgan fingerprint density at radius 2 is 2.05 bits per heavy atom. The van der Waals surface area contributed by atoms with E-state index < -0.39 is 0 Å². The Morgan fingerprint density at radius 3 is 2.53 bits per heavy atom. The quantitative estimate of drug-likeness (QED) is 0.859. The van der Waals surface area contributed by atoms with Crippen LogP contribution in [0.2, 0.25) is 0 Å². The van der Waals surface area contributed by atoms with E-state index in [1.165, 1.54) is 0 Å². The summed E-state index contributed by atoms with van der Waals surface area (Å²) < 4.78 is 0. The van der Waals surface area contributed by atoms with Gasteiger partial charge < -0.3 is 4.90 Å². The second-order valence-electron chi connectivity index (χ2n) is 6.11. The highest BCUT2D eigenvalue weighted by atomic mass is 16.2. The largest absolute Gasteiger partial charge is 0.333 e. The molecule has 1 saturated carbocycles. The topological polar surface area (TPSA) is 61.9 Å². The van der Waals surface area contributed by atoms with Crippen molar-refractivity contribution in [2.45, 2.75) is 58.9 Å². The molecule has 1 amide bonds. The maximum absolute atomic E-state index is 12.5. The zero-order valence-electron chi connectivity index (χ0n) is 12.3. The molecule has 19 heavy (non-hydrogen) atoms. The number of carbonyl (C=O) groups is 1. The van der Waals surface area contributed by atoms with Gasteiger partial charge in [0.2, 0.25) is 5.82 Å². The molecule has 0 unspecified atom stereocenters. The summed E-state index contributed by atoms with van der Waals surface area (Å²) in [6.45, 7) is 9.24. The molecule has 0 aromatic carbocycles. The molecule has 0 radical (unpaired) electrons. The Kier molecular flexibility index (Phi) is 4.22. The number of nitrogens with zero attached hydrogens (tertiary/aromatic N) is 3. The number of amides is 1. The summed E-state index contributed by atoms with van der Waals surface area (Å²) in [5.74, 6) is 1.94. The molecule has 0 spiro atoms. The normalized spacial score (nSPS) is 15.3. The van der Waals surface area contributed by atoms with Crippen molar-refractivity contribution < 1.29 is 4.79 Å². The minimum atomic E-state index is -0.0219. The maximum Gasteiger partial charge on any atom is 0.293 e. The first-order valence-electron chi connectivity index (χ1n) is 7.22. The van der Waals surface area contributed by atoms with Gasteiger partial charge in [-0.05, 0) is 25.2 Å². The second-order valence-corrected chi connectivity index (χ2v) is 6.11. The molecule has 1 aliphatic carbocycles. The SMILES string of the molecule is CC(C)CCN(C(=O)c1n[nH]c(C(C)C)n1)C1CC1. The van der Waals surface area contributed by atoms with Crippen molar-refractivity contribution in [2.24, 2.45) is 5.92 Å². The molecule has 0 aliphatic heterocycles. The first kappa shape index (κ1) is 14.0. The lowest BCUT2D eigenvalue weighted by Gasteiger charge is -2.21. The molecule has 0 atom stereocenters. The van der Waals surface area contributed by atoms with E-state index in [0.717, 1.165) is 31.6 Å². The van der Waals surface area contributed by atoms with Crippen LogP contribution in [0.1, 0.15) is 69.3 Å². The average Bonchev–Trinajstić information content (AvgIpc) is 3.05. The highest BCUT2D eigenvalue weighted by Crippen LogP contribution is 2.28. The van der Waals surface area contributed by atoms with Gasteiger partial charge in [-0.25, -0.2) is 4.98 Å². The van der Waals surface area contributed by atoms with Crippen molar-refractivity contribution >= 4 is 5.91 Å². The summed E-state index contributed by atoms with van der Waals surface area (Å²) in [7, 11) is 0. The van der Waals surface area contributed by atoms with Crippen LogP contribution in [0.15, 0.2) is 0 Å². The zero-order valence-corrected chi connectivity index (χ0v) is 12.3. The first-order chi connectivity index (χ1) is 8.99. The van der Waals surface area contributed by atoms with Crippen LogP contribution in [0.4, 0.5) is 0 Å². The van der Waals surface area contributed by atoms with Crippen molar-refractivity contribution in [3.05, 3.63) is 11.6 Å². The van der Waals surface area contributed by atoms with Gasteiger partial charge in [-0.2, -0.15) is 0 Å². The van der Waals surface area contributed by atoms with Crippen molar-refractivity contribution in [3.8, 4) is 0 Å². The van der Waals surface area contributed by atoms with Crippen LogP contribution < -0.4 is 0 Å². The summed E-state index contributed by atoms with van der Waals surface area (Å²) in [6, 6.07) is 0.409. The fourth-order valence-corrected chi connectivity index (χ4v) is 1.99. The van der Waals surface area contributed by atoms with Gasteiger partial charge in [-0.15, -0.1) is 5.10 Å². The van der Waals surface area contributed by atoms with E-state index in [-0.39, 0.29) is 11.8 Å². The van der Waals surface area contributed by atoms with Gasteiger partial charge in [0.1, 0.15) is 5.82 Å². The summed E-state index contributed by atoms with van der Waals surface area (Å²) in [5, 5.41) is 6.92. The monoisotopic (exact) mass is 264 g/mol. The van der Waals surface area contributed by atoms with Crippen LogP contribution in [0.25, 0.3) is 0 Å². The lowest BCUT2D eigenvalue weighted by molar-refractivity contribution is 0.0723. The maximum atomic E-state index is 12.5. The van der Waals surface area contributed by atoms with Crippen molar-refractivity contribution in [2.75, 3.05) is 6.54 Å². The number of nitrogens with one attached hydrogen (secondary N) is 1. The third kappa shape index (κ3) is 3.55. The van der Waals surface area contributed by atoms with Gasteiger partial charge >= 0.3 is 0 Å². The van der Waals surface area contributed by atoms with Crippen molar-refractivity contribution in [3.63, 3.8) is 0 Å². The van der Waals surface area contributed by atoms with Crippen LogP contribution >= 0.6 is 0 Å². The van der Waals surface area contributed by atoms with E-state index in [0.29, 0.717) is 17.8 Å². The molecule has 5 nitrogen and oxygen atoms in total. The van der Waals surface area contributed by atoms with Crippen LogP contribution in [0, 0.1) is 5.92 Å². The van der Waals surface area contributed by atoms with Crippen LogP contribution in [-0.4, -0.2) is 38.6 Å². The first-order valence-corrected chi connectivity index (χ1v) is 7.22. The van der Waals surface area contributed by atoms with Crippen LogP contribution in [0.5, 0.6) is 0 Å². The zero-order chi connectivity index (χ0) is 14.0. The van der Waals surface area contributed by atoms with Crippen molar-refractivity contribution in [1.82, 2.24) is 20.1 Å². The highest BCUT2D eigenvalue weighted by molar-refractivity contribution is 5.90. The van der Waals surface area contributed by atoms with Gasteiger partial charge in [0, 0.05) is 18.5 Å². The minimum absolute atomic E-state index is 0.0219. The second kappa shape index (κ2) is 5.72. The van der Waals surface area contributed by atoms with E-state index in [4.69, 9.17) is 0 Å². The number of carbonyl (C=O) groups excluding carboxylic acids is 1. The molecule has 0 bridgehead atoms. The van der Waals surface area contributed by atoms with Gasteiger partial charge in [0.15, 0.2) is 0 Å². The molecule has 2 rings (SSSR count). The van der Waals surface area contributed by atoms with Crippen molar-refractivity contribution in [1.29, 1.82) is 0 Å². The van der Waals surface area contributed by atoms with E-state index >= 15 is 0 Å². The Bertz CT molecular complexity index is 434. The summed E-state index contributed by atoms with van der Waals surface area (Å²) >= 11 is 0. The third-order valence-corrected chi connectivity index (χ3v) is 3.44. The summed E-state index contributed by atoms with van der Waals surface area (Å²) in [4.78, 5) is 18.7. The summed E-state index contributed by atoms with van der Waals surface area (Å²) in [5.41, 5.74) is 0. The molecule has 1 heterocycles. The predicted molar refractivity (Wildman–Crippen MR) is 74.0 cm³/mol. The molecule has 1 fully saturated rings. The molecule has 106 valence electrons. The number of aromatic amines is 1. The molecular formula is C14H24N4O. The number of aromatic nitrogens is 3. The van der Waals surface area contributed by atoms with E-state index in [1.54, 1.807) is 0 Å². The van der Waals surface area contributed by atoms with Gasteiger partial charge in [-0.3, -0.25) is 9.89 Å². The molecule has 1 aromatic heterocycles. The Hall–Kier alpha value is -1.39. The Morgan fingerprint density at radius 1 is 1.37 bits per heavy atom.